The van der Waals surface area contributed by atoms with E-state index in [1.165, 1.54) is 6.42 Å². The van der Waals surface area contributed by atoms with Crippen molar-refractivity contribution in [2.45, 2.75) is 38.9 Å². The van der Waals surface area contributed by atoms with Crippen LogP contribution in [0.2, 0.25) is 0 Å². The molecule has 0 spiro atoms. The summed E-state index contributed by atoms with van der Waals surface area (Å²) in [6.45, 7) is 2.82. The average molecular weight is 154 g/mol. The standard InChI is InChI=1S/C9H14O2/c1-2-3-7-10-9-6-4-5-8-11-9/h9H,2,4-6,8H2,1H3. The van der Waals surface area contributed by atoms with Gasteiger partial charge in [0.2, 0.25) is 6.29 Å². The third-order valence-electron chi connectivity index (χ3n) is 1.58. The van der Waals surface area contributed by atoms with Crippen molar-refractivity contribution in [1.82, 2.24) is 0 Å². The van der Waals surface area contributed by atoms with Crippen LogP contribution in [0.25, 0.3) is 0 Å². The second-order valence-corrected chi connectivity index (χ2v) is 2.55. The number of rotatable bonds is 1. The van der Waals surface area contributed by atoms with Crippen molar-refractivity contribution < 1.29 is 9.47 Å². The predicted molar refractivity (Wildman–Crippen MR) is 42.7 cm³/mol. The van der Waals surface area contributed by atoms with Crippen LogP contribution in [0.5, 0.6) is 0 Å². The van der Waals surface area contributed by atoms with E-state index in [2.05, 4.69) is 12.0 Å². The molecule has 2 nitrogen and oxygen atoms in total. The Kier molecular flexibility index (Phi) is 3.85. The lowest BCUT2D eigenvalue weighted by molar-refractivity contribution is -0.121. The summed E-state index contributed by atoms with van der Waals surface area (Å²) in [5.41, 5.74) is 0. The quantitative estimate of drug-likeness (QED) is 0.537. The van der Waals surface area contributed by atoms with Crippen LogP contribution in [0.3, 0.4) is 0 Å². The molecule has 0 bridgehead atoms. The molecule has 1 heterocycles. The van der Waals surface area contributed by atoms with Gasteiger partial charge in [0, 0.05) is 12.8 Å². The minimum Gasteiger partial charge on any atom is -0.414 e. The SMILES string of the molecule is CCC#COC1CCCCO1. The van der Waals surface area contributed by atoms with Gasteiger partial charge in [-0.25, -0.2) is 0 Å². The summed E-state index contributed by atoms with van der Waals surface area (Å²) in [5, 5.41) is 0. The molecule has 1 aliphatic heterocycles. The summed E-state index contributed by atoms with van der Waals surface area (Å²) in [5.74, 6) is 2.84. The van der Waals surface area contributed by atoms with Gasteiger partial charge in [-0.2, -0.15) is 0 Å². The first kappa shape index (κ1) is 8.42. The van der Waals surface area contributed by atoms with Gasteiger partial charge in [0.25, 0.3) is 0 Å². The fraction of sp³-hybridized carbons (Fsp3) is 0.778. The summed E-state index contributed by atoms with van der Waals surface area (Å²) < 4.78 is 10.4. The molecule has 0 amide bonds. The predicted octanol–water partition coefficient (Wildman–Crippen LogP) is 1.90. The van der Waals surface area contributed by atoms with E-state index in [1.54, 1.807) is 0 Å². The Morgan fingerprint density at radius 3 is 3.09 bits per heavy atom. The Balaban J connectivity index is 2.14. The monoisotopic (exact) mass is 154 g/mol. The Labute approximate surface area is 67.9 Å². The van der Waals surface area contributed by atoms with E-state index >= 15 is 0 Å². The van der Waals surface area contributed by atoms with Crippen molar-refractivity contribution in [1.29, 1.82) is 0 Å². The van der Waals surface area contributed by atoms with Gasteiger partial charge in [-0.15, -0.1) is 0 Å². The van der Waals surface area contributed by atoms with Crippen LogP contribution in [0.1, 0.15) is 32.6 Å². The number of ether oxygens (including phenoxy) is 2. The van der Waals surface area contributed by atoms with Crippen LogP contribution in [-0.4, -0.2) is 12.9 Å². The molecule has 0 N–H and O–H groups in total. The first-order chi connectivity index (χ1) is 5.43. The summed E-state index contributed by atoms with van der Waals surface area (Å²) in [7, 11) is 0. The molecule has 1 saturated heterocycles. The Morgan fingerprint density at radius 2 is 2.45 bits per heavy atom. The van der Waals surface area contributed by atoms with Crippen LogP contribution in [-0.2, 0) is 9.47 Å². The van der Waals surface area contributed by atoms with E-state index in [0.717, 1.165) is 25.9 Å². The first-order valence-electron chi connectivity index (χ1n) is 4.18. The van der Waals surface area contributed by atoms with Crippen molar-refractivity contribution in [2.75, 3.05) is 6.61 Å². The molecule has 1 rings (SSSR count). The maximum atomic E-state index is 5.30. The van der Waals surface area contributed by atoms with E-state index in [4.69, 9.17) is 9.47 Å². The van der Waals surface area contributed by atoms with Gasteiger partial charge in [0.15, 0.2) is 0 Å². The molecule has 62 valence electrons. The van der Waals surface area contributed by atoms with Gasteiger partial charge >= 0.3 is 0 Å². The molecule has 0 aromatic heterocycles. The van der Waals surface area contributed by atoms with Crippen LogP contribution < -0.4 is 0 Å². The highest BCUT2D eigenvalue weighted by atomic mass is 16.7. The number of hydrogen-bond acceptors (Lipinski definition) is 2. The van der Waals surface area contributed by atoms with Crippen molar-refractivity contribution in [3.63, 3.8) is 0 Å². The summed E-state index contributed by atoms with van der Waals surface area (Å²) >= 11 is 0. The topological polar surface area (TPSA) is 18.5 Å². The van der Waals surface area contributed by atoms with Crippen molar-refractivity contribution >= 4 is 0 Å². The molecule has 1 unspecified atom stereocenters. The van der Waals surface area contributed by atoms with E-state index in [0.29, 0.717) is 0 Å². The number of hydrogen-bond donors (Lipinski definition) is 0. The van der Waals surface area contributed by atoms with Gasteiger partial charge < -0.3 is 9.47 Å². The summed E-state index contributed by atoms with van der Waals surface area (Å²) in [6.07, 6.45) is 6.73. The van der Waals surface area contributed by atoms with E-state index in [1.807, 2.05) is 6.92 Å². The summed E-state index contributed by atoms with van der Waals surface area (Å²) in [4.78, 5) is 0. The molecule has 1 atom stereocenters. The normalized spacial score (nSPS) is 23.5. The third-order valence-corrected chi connectivity index (χ3v) is 1.58. The smallest absolute Gasteiger partial charge is 0.210 e. The molecule has 0 aromatic carbocycles. The lowest BCUT2D eigenvalue weighted by atomic mass is 10.2. The van der Waals surface area contributed by atoms with E-state index in [-0.39, 0.29) is 6.29 Å². The van der Waals surface area contributed by atoms with Crippen LogP contribution in [0.4, 0.5) is 0 Å². The van der Waals surface area contributed by atoms with Gasteiger partial charge in [0.05, 0.1) is 6.61 Å². The molecular formula is C9H14O2. The third kappa shape index (κ3) is 3.29. The fourth-order valence-corrected chi connectivity index (χ4v) is 0.984. The maximum Gasteiger partial charge on any atom is 0.210 e. The fourth-order valence-electron chi connectivity index (χ4n) is 0.984. The molecular weight excluding hydrogens is 140 g/mol. The van der Waals surface area contributed by atoms with Gasteiger partial charge in [-0.1, -0.05) is 12.8 Å². The molecule has 1 fully saturated rings. The molecule has 0 aromatic rings. The van der Waals surface area contributed by atoms with E-state index < -0.39 is 0 Å². The molecule has 11 heavy (non-hydrogen) atoms. The summed E-state index contributed by atoms with van der Waals surface area (Å²) in [6, 6.07) is 0. The zero-order valence-electron chi connectivity index (χ0n) is 6.93. The largest absolute Gasteiger partial charge is 0.414 e. The van der Waals surface area contributed by atoms with Gasteiger partial charge in [-0.3, -0.25) is 0 Å². The Morgan fingerprint density at radius 1 is 1.55 bits per heavy atom. The minimum absolute atomic E-state index is 0.0669. The highest BCUT2D eigenvalue weighted by molar-refractivity contribution is 4.89. The Bertz CT molecular complexity index is 149. The second kappa shape index (κ2) is 5.03. The van der Waals surface area contributed by atoms with Crippen LogP contribution in [0.15, 0.2) is 0 Å². The minimum atomic E-state index is -0.0669. The molecule has 0 saturated carbocycles. The van der Waals surface area contributed by atoms with Crippen molar-refractivity contribution in [3.05, 3.63) is 0 Å². The zero-order chi connectivity index (χ0) is 7.94. The lowest BCUT2D eigenvalue weighted by Gasteiger charge is -2.19. The zero-order valence-corrected chi connectivity index (χ0v) is 6.93. The highest BCUT2D eigenvalue weighted by Crippen LogP contribution is 2.12. The molecule has 0 aliphatic carbocycles. The van der Waals surface area contributed by atoms with E-state index in [9.17, 15) is 0 Å². The lowest BCUT2D eigenvalue weighted by Crippen LogP contribution is -2.20. The van der Waals surface area contributed by atoms with Crippen LogP contribution in [0, 0.1) is 12.0 Å². The Hall–Kier alpha value is -0.680. The first-order valence-corrected chi connectivity index (χ1v) is 4.18. The average Bonchev–Trinajstić information content (AvgIpc) is 2.07. The van der Waals surface area contributed by atoms with Crippen molar-refractivity contribution in [3.8, 4) is 12.0 Å². The molecule has 1 aliphatic rings. The highest BCUT2D eigenvalue weighted by Gasteiger charge is 2.12. The molecule has 2 heteroatoms. The van der Waals surface area contributed by atoms with Crippen molar-refractivity contribution in [2.24, 2.45) is 0 Å². The molecule has 0 radical (unpaired) electrons. The van der Waals surface area contributed by atoms with Gasteiger partial charge in [0.1, 0.15) is 6.11 Å². The second-order valence-electron chi connectivity index (χ2n) is 2.55. The van der Waals surface area contributed by atoms with Gasteiger partial charge in [-0.05, 0) is 12.8 Å². The maximum absolute atomic E-state index is 5.30. The van der Waals surface area contributed by atoms with Crippen LogP contribution >= 0.6 is 0 Å².